The average Bonchev–Trinajstić information content (AvgIpc) is 2.77. The first-order valence-corrected chi connectivity index (χ1v) is 11.7. The molecule has 0 fully saturated rings. The Balaban J connectivity index is 1.76. The molecule has 0 radical (unpaired) electrons. The maximum Gasteiger partial charge on any atom is 0.306 e. The molecule has 2 aromatic rings. The summed E-state index contributed by atoms with van der Waals surface area (Å²) in [5.41, 5.74) is 3.31. The fraction of sp³-hybridized carbons (Fsp3) is 0.519. The quantitative estimate of drug-likeness (QED) is 0.235. The van der Waals surface area contributed by atoms with Crippen LogP contribution in [0.1, 0.15) is 90.2 Å². The summed E-state index contributed by atoms with van der Waals surface area (Å²) < 4.78 is 11.3. The highest BCUT2D eigenvalue weighted by Crippen LogP contribution is 2.25. The maximum absolute atomic E-state index is 12.1. The third kappa shape index (κ3) is 8.61. The van der Waals surface area contributed by atoms with Crippen LogP contribution in [-0.2, 0) is 9.53 Å². The third-order valence-electron chi connectivity index (χ3n) is 5.33. The summed E-state index contributed by atoms with van der Waals surface area (Å²) in [7, 11) is 0. The molecule has 2 aromatic carbocycles. The smallest absolute Gasteiger partial charge is 0.306 e. The van der Waals surface area contributed by atoms with Gasteiger partial charge in [-0.25, -0.2) is 0 Å². The van der Waals surface area contributed by atoms with Gasteiger partial charge in [-0.1, -0.05) is 88.8 Å². The van der Waals surface area contributed by atoms with Crippen molar-refractivity contribution in [2.45, 2.75) is 84.7 Å². The number of esters is 1. The van der Waals surface area contributed by atoms with Gasteiger partial charge in [-0.15, -0.1) is 0 Å². The molecule has 0 amide bonds. The molecular formula is C27H38O3. The van der Waals surface area contributed by atoms with Crippen molar-refractivity contribution in [2.24, 2.45) is 0 Å². The molecule has 0 N–H and O–H groups in total. The van der Waals surface area contributed by atoms with E-state index in [0.717, 1.165) is 48.3 Å². The minimum absolute atomic E-state index is 0.0946. The van der Waals surface area contributed by atoms with E-state index in [-0.39, 0.29) is 12.1 Å². The number of carbonyl (C=O) groups excluding carboxylic acids is 1. The van der Waals surface area contributed by atoms with Crippen LogP contribution in [-0.4, -0.2) is 12.6 Å². The fourth-order valence-electron chi connectivity index (χ4n) is 3.46. The number of ether oxygens (including phenoxy) is 2. The van der Waals surface area contributed by atoms with Gasteiger partial charge >= 0.3 is 5.97 Å². The molecule has 0 spiro atoms. The number of unbranched alkanes of at least 4 members (excludes halogenated alkanes) is 6. The van der Waals surface area contributed by atoms with Crippen molar-refractivity contribution in [1.82, 2.24) is 0 Å². The van der Waals surface area contributed by atoms with Gasteiger partial charge in [0.2, 0.25) is 0 Å². The van der Waals surface area contributed by atoms with Gasteiger partial charge < -0.3 is 9.47 Å². The Labute approximate surface area is 182 Å². The topological polar surface area (TPSA) is 35.5 Å². The third-order valence-corrected chi connectivity index (χ3v) is 5.33. The number of benzene rings is 2. The normalized spacial score (nSPS) is 11.8. The maximum atomic E-state index is 12.1. The molecule has 0 saturated carbocycles. The van der Waals surface area contributed by atoms with E-state index >= 15 is 0 Å². The molecule has 1 unspecified atom stereocenters. The van der Waals surface area contributed by atoms with Crippen molar-refractivity contribution in [2.75, 3.05) is 6.61 Å². The molecule has 0 heterocycles. The highest BCUT2D eigenvalue weighted by Gasteiger charge is 2.12. The molecule has 164 valence electrons. The van der Waals surface area contributed by atoms with Crippen molar-refractivity contribution in [3.8, 4) is 16.9 Å². The van der Waals surface area contributed by atoms with Gasteiger partial charge in [0, 0.05) is 6.42 Å². The van der Waals surface area contributed by atoms with Gasteiger partial charge in [-0.2, -0.15) is 0 Å². The van der Waals surface area contributed by atoms with E-state index in [1.165, 1.54) is 32.1 Å². The van der Waals surface area contributed by atoms with Crippen LogP contribution in [0.25, 0.3) is 11.1 Å². The van der Waals surface area contributed by atoms with Gasteiger partial charge in [0.15, 0.2) is 0 Å². The number of carbonyl (C=O) groups is 1. The SMILES string of the molecule is CCCCCCCCCC(=O)OC(C)c1ccc(-c2ccc(OCCC)cc2)cc1. The first-order chi connectivity index (χ1) is 14.6. The summed E-state index contributed by atoms with van der Waals surface area (Å²) in [6.45, 7) is 7.01. The van der Waals surface area contributed by atoms with Crippen LogP contribution in [0.4, 0.5) is 0 Å². The van der Waals surface area contributed by atoms with E-state index in [2.05, 4.69) is 38.1 Å². The minimum atomic E-state index is -0.221. The van der Waals surface area contributed by atoms with Crippen LogP contribution in [0, 0.1) is 0 Å². The molecule has 0 bridgehead atoms. The van der Waals surface area contributed by atoms with E-state index in [1.807, 2.05) is 31.2 Å². The summed E-state index contributed by atoms with van der Waals surface area (Å²) >= 11 is 0. The lowest BCUT2D eigenvalue weighted by Crippen LogP contribution is -2.08. The first kappa shape index (κ1) is 24.0. The Bertz CT molecular complexity index is 719. The van der Waals surface area contributed by atoms with E-state index in [1.54, 1.807) is 0 Å². The monoisotopic (exact) mass is 410 g/mol. The number of rotatable bonds is 14. The molecule has 0 aliphatic carbocycles. The Morgan fingerprint density at radius 1 is 0.767 bits per heavy atom. The summed E-state index contributed by atoms with van der Waals surface area (Å²) in [5, 5.41) is 0. The second-order valence-corrected chi connectivity index (χ2v) is 8.00. The van der Waals surface area contributed by atoms with Crippen molar-refractivity contribution in [3.05, 3.63) is 54.1 Å². The molecule has 3 heteroatoms. The van der Waals surface area contributed by atoms with Crippen LogP contribution < -0.4 is 4.74 Å². The summed E-state index contributed by atoms with van der Waals surface area (Å²) in [6.07, 6.45) is 9.73. The Morgan fingerprint density at radius 3 is 1.93 bits per heavy atom. The predicted molar refractivity (Wildman–Crippen MR) is 125 cm³/mol. The fourth-order valence-corrected chi connectivity index (χ4v) is 3.46. The molecular weight excluding hydrogens is 372 g/mol. The van der Waals surface area contributed by atoms with Crippen LogP contribution in [0.2, 0.25) is 0 Å². The van der Waals surface area contributed by atoms with Crippen LogP contribution >= 0.6 is 0 Å². The van der Waals surface area contributed by atoms with Crippen LogP contribution in [0.3, 0.4) is 0 Å². The van der Waals surface area contributed by atoms with Crippen molar-refractivity contribution < 1.29 is 14.3 Å². The highest BCUT2D eigenvalue weighted by molar-refractivity contribution is 5.69. The summed E-state index contributed by atoms with van der Waals surface area (Å²) in [6, 6.07) is 16.4. The van der Waals surface area contributed by atoms with Gasteiger partial charge in [-0.05, 0) is 48.6 Å². The second kappa shape index (κ2) is 13.8. The predicted octanol–water partition coefficient (Wildman–Crippen LogP) is 7.89. The van der Waals surface area contributed by atoms with E-state index in [9.17, 15) is 4.79 Å². The average molecular weight is 411 g/mol. The van der Waals surface area contributed by atoms with Crippen molar-refractivity contribution in [3.63, 3.8) is 0 Å². The number of hydrogen-bond donors (Lipinski definition) is 0. The minimum Gasteiger partial charge on any atom is -0.494 e. The molecule has 30 heavy (non-hydrogen) atoms. The highest BCUT2D eigenvalue weighted by atomic mass is 16.5. The lowest BCUT2D eigenvalue weighted by Gasteiger charge is -2.14. The van der Waals surface area contributed by atoms with E-state index in [4.69, 9.17) is 9.47 Å². The molecule has 0 aromatic heterocycles. The van der Waals surface area contributed by atoms with E-state index < -0.39 is 0 Å². The van der Waals surface area contributed by atoms with Crippen molar-refractivity contribution >= 4 is 5.97 Å². The largest absolute Gasteiger partial charge is 0.494 e. The molecule has 2 rings (SSSR count). The molecule has 3 nitrogen and oxygen atoms in total. The first-order valence-electron chi connectivity index (χ1n) is 11.7. The van der Waals surface area contributed by atoms with Gasteiger partial charge in [0.05, 0.1) is 6.61 Å². The zero-order valence-corrected chi connectivity index (χ0v) is 19.0. The zero-order valence-electron chi connectivity index (χ0n) is 19.0. The lowest BCUT2D eigenvalue weighted by molar-refractivity contribution is -0.148. The van der Waals surface area contributed by atoms with Gasteiger partial charge in [0.1, 0.15) is 11.9 Å². The molecule has 0 aliphatic heterocycles. The Kier molecular flexibility index (Phi) is 11.1. The van der Waals surface area contributed by atoms with Gasteiger partial charge in [-0.3, -0.25) is 4.79 Å². The van der Waals surface area contributed by atoms with Gasteiger partial charge in [0.25, 0.3) is 0 Å². The Hall–Kier alpha value is -2.29. The molecule has 1 atom stereocenters. The summed E-state index contributed by atoms with van der Waals surface area (Å²) in [4.78, 5) is 12.1. The summed E-state index contributed by atoms with van der Waals surface area (Å²) in [5.74, 6) is 0.807. The lowest BCUT2D eigenvalue weighted by atomic mass is 10.0. The van der Waals surface area contributed by atoms with Crippen LogP contribution in [0.5, 0.6) is 5.75 Å². The van der Waals surface area contributed by atoms with Crippen molar-refractivity contribution in [1.29, 1.82) is 0 Å². The van der Waals surface area contributed by atoms with Crippen LogP contribution in [0.15, 0.2) is 48.5 Å². The second-order valence-electron chi connectivity index (χ2n) is 8.00. The zero-order chi connectivity index (χ0) is 21.6. The van der Waals surface area contributed by atoms with E-state index in [0.29, 0.717) is 6.42 Å². The molecule has 0 saturated heterocycles. The number of hydrogen-bond acceptors (Lipinski definition) is 3. The molecule has 0 aliphatic rings. The standard InChI is InChI=1S/C27H38O3/c1-4-6-7-8-9-10-11-12-27(28)30-22(3)23-13-15-24(16-14-23)25-17-19-26(20-18-25)29-21-5-2/h13-20,22H,4-12,21H2,1-3H3. The Morgan fingerprint density at radius 2 is 1.33 bits per heavy atom.